The number of carbonyl (C=O) groups excluding carboxylic acids is 2. The molecule has 0 spiro atoms. The minimum Gasteiger partial charge on any atom is -0.355 e. The summed E-state index contributed by atoms with van der Waals surface area (Å²) in [4.78, 5) is 27.5. The van der Waals surface area contributed by atoms with Gasteiger partial charge in [-0.05, 0) is 59.0 Å². The van der Waals surface area contributed by atoms with E-state index in [2.05, 4.69) is 5.32 Å². The first-order chi connectivity index (χ1) is 18.1. The van der Waals surface area contributed by atoms with Gasteiger partial charge in [-0.3, -0.25) is 9.59 Å². The molecular formula is C32H29FN2O2. The van der Waals surface area contributed by atoms with Gasteiger partial charge in [0.1, 0.15) is 5.82 Å². The van der Waals surface area contributed by atoms with Crippen molar-refractivity contribution in [1.82, 2.24) is 5.32 Å². The first-order valence-corrected chi connectivity index (χ1v) is 12.3. The summed E-state index contributed by atoms with van der Waals surface area (Å²) in [6, 6.07) is 33.1. The summed E-state index contributed by atoms with van der Waals surface area (Å²) in [6.45, 7) is 0.826. The van der Waals surface area contributed by atoms with E-state index in [1.807, 2.05) is 84.9 Å². The number of rotatable bonds is 10. The molecule has 0 aliphatic carbocycles. The van der Waals surface area contributed by atoms with Gasteiger partial charge in [-0.25, -0.2) is 4.39 Å². The third-order valence-electron chi connectivity index (χ3n) is 5.90. The zero-order valence-corrected chi connectivity index (χ0v) is 20.5. The van der Waals surface area contributed by atoms with Gasteiger partial charge in [-0.15, -0.1) is 0 Å². The second-order valence-corrected chi connectivity index (χ2v) is 8.73. The predicted octanol–water partition coefficient (Wildman–Crippen LogP) is 5.97. The molecule has 0 aromatic heterocycles. The molecule has 0 unspecified atom stereocenters. The maximum atomic E-state index is 13.4. The van der Waals surface area contributed by atoms with Gasteiger partial charge in [-0.2, -0.15) is 0 Å². The van der Waals surface area contributed by atoms with E-state index in [0.29, 0.717) is 12.2 Å². The summed E-state index contributed by atoms with van der Waals surface area (Å²) < 4.78 is 13.4. The van der Waals surface area contributed by atoms with Gasteiger partial charge >= 0.3 is 0 Å². The van der Waals surface area contributed by atoms with Crippen molar-refractivity contribution in [3.63, 3.8) is 0 Å². The van der Waals surface area contributed by atoms with Gasteiger partial charge in [0.15, 0.2) is 0 Å². The molecule has 0 saturated carbocycles. The summed E-state index contributed by atoms with van der Waals surface area (Å²) in [7, 11) is 0. The van der Waals surface area contributed by atoms with E-state index in [1.54, 1.807) is 23.1 Å². The Kier molecular flexibility index (Phi) is 8.97. The molecule has 186 valence electrons. The first-order valence-electron chi connectivity index (χ1n) is 12.3. The van der Waals surface area contributed by atoms with E-state index < -0.39 is 0 Å². The lowest BCUT2D eigenvalue weighted by Gasteiger charge is -2.22. The Balaban J connectivity index is 1.47. The van der Waals surface area contributed by atoms with Gasteiger partial charge in [0.2, 0.25) is 5.91 Å². The topological polar surface area (TPSA) is 49.4 Å². The van der Waals surface area contributed by atoms with Crippen LogP contribution in [0, 0.1) is 5.82 Å². The zero-order valence-electron chi connectivity index (χ0n) is 20.5. The molecule has 37 heavy (non-hydrogen) atoms. The smallest absolute Gasteiger partial charge is 0.251 e. The number of amides is 2. The molecule has 0 aliphatic rings. The van der Waals surface area contributed by atoms with Gasteiger partial charge in [-0.1, -0.05) is 84.9 Å². The minimum atomic E-state index is -0.328. The van der Waals surface area contributed by atoms with Crippen LogP contribution in [-0.2, 0) is 29.0 Å². The van der Waals surface area contributed by atoms with Gasteiger partial charge in [0.25, 0.3) is 5.91 Å². The lowest BCUT2D eigenvalue weighted by atomic mass is 10.1. The molecule has 0 saturated heterocycles. The number of halogens is 1. The van der Waals surface area contributed by atoms with Crippen molar-refractivity contribution >= 4 is 23.6 Å². The summed E-state index contributed by atoms with van der Waals surface area (Å²) in [5.74, 6) is -0.614. The summed E-state index contributed by atoms with van der Waals surface area (Å²) >= 11 is 0. The summed E-state index contributed by atoms with van der Waals surface area (Å²) in [6.07, 6.45) is 4.27. The number of carbonyl (C=O) groups is 2. The van der Waals surface area contributed by atoms with Crippen LogP contribution >= 0.6 is 0 Å². The Bertz CT molecular complexity index is 1340. The van der Waals surface area contributed by atoms with Crippen LogP contribution in [0.5, 0.6) is 0 Å². The van der Waals surface area contributed by atoms with Crippen molar-refractivity contribution in [2.24, 2.45) is 0 Å². The average Bonchev–Trinajstić information content (AvgIpc) is 2.93. The molecule has 4 nitrogen and oxygen atoms in total. The molecule has 0 radical (unpaired) electrons. The Morgan fingerprint density at radius 2 is 1.43 bits per heavy atom. The molecule has 5 heteroatoms. The number of nitrogens with zero attached hydrogens (tertiary/aromatic N) is 1. The summed E-state index contributed by atoms with van der Waals surface area (Å²) in [5, 5.41) is 2.97. The second-order valence-electron chi connectivity index (χ2n) is 8.73. The molecular weight excluding hydrogens is 463 g/mol. The number of hydrogen-bond acceptors (Lipinski definition) is 2. The third kappa shape index (κ3) is 8.00. The fourth-order valence-corrected chi connectivity index (χ4v) is 3.96. The van der Waals surface area contributed by atoms with Crippen LogP contribution in [0.2, 0.25) is 0 Å². The highest BCUT2D eigenvalue weighted by Crippen LogP contribution is 2.21. The molecule has 1 N–H and O–H groups in total. The van der Waals surface area contributed by atoms with Gasteiger partial charge in [0, 0.05) is 18.3 Å². The van der Waals surface area contributed by atoms with Crippen LogP contribution in [0.1, 0.15) is 22.3 Å². The maximum Gasteiger partial charge on any atom is 0.251 e. The lowest BCUT2D eigenvalue weighted by Crippen LogP contribution is -2.29. The van der Waals surface area contributed by atoms with Crippen LogP contribution in [-0.4, -0.2) is 18.4 Å². The molecule has 4 aromatic carbocycles. The van der Waals surface area contributed by atoms with Crippen molar-refractivity contribution in [2.75, 3.05) is 11.4 Å². The van der Waals surface area contributed by atoms with E-state index in [1.165, 1.54) is 23.8 Å². The molecule has 4 aromatic rings. The predicted molar refractivity (Wildman–Crippen MR) is 146 cm³/mol. The average molecular weight is 493 g/mol. The van der Waals surface area contributed by atoms with Crippen LogP contribution < -0.4 is 10.2 Å². The monoisotopic (exact) mass is 492 g/mol. The highest BCUT2D eigenvalue weighted by molar-refractivity contribution is 6.03. The molecule has 4 rings (SSSR count). The number of nitrogens with one attached hydrogen (secondary N) is 1. The first kappa shape index (κ1) is 25.6. The summed E-state index contributed by atoms with van der Waals surface area (Å²) in [5.41, 5.74) is 4.36. The van der Waals surface area contributed by atoms with E-state index in [9.17, 15) is 14.0 Å². The van der Waals surface area contributed by atoms with Crippen molar-refractivity contribution in [2.45, 2.75) is 19.4 Å². The Hall–Kier alpha value is -4.51. The number of hydrogen-bond donors (Lipinski definition) is 1. The minimum absolute atomic E-state index is 0.0755. The largest absolute Gasteiger partial charge is 0.355 e. The molecule has 0 bridgehead atoms. The number of anilines is 1. The Labute approximate surface area is 217 Å². The zero-order chi connectivity index (χ0) is 25.9. The van der Waals surface area contributed by atoms with Crippen molar-refractivity contribution in [3.05, 3.63) is 143 Å². The third-order valence-corrected chi connectivity index (χ3v) is 5.90. The maximum absolute atomic E-state index is 13.4. The highest BCUT2D eigenvalue weighted by Gasteiger charge is 2.15. The van der Waals surface area contributed by atoms with Crippen LogP contribution in [0.15, 0.2) is 115 Å². The van der Waals surface area contributed by atoms with Crippen LogP contribution in [0.4, 0.5) is 10.1 Å². The van der Waals surface area contributed by atoms with Gasteiger partial charge < -0.3 is 10.2 Å². The SMILES string of the molecule is O=C(Cc1cccc(N(Cc2ccc(F)cc2)C(=O)/C=C/c2ccccc2)c1)NCCc1ccccc1. The van der Waals surface area contributed by atoms with E-state index >= 15 is 0 Å². The van der Waals surface area contributed by atoms with E-state index in [-0.39, 0.29) is 30.6 Å². The van der Waals surface area contributed by atoms with Crippen molar-refractivity contribution in [1.29, 1.82) is 0 Å². The molecule has 0 heterocycles. The molecule has 2 amide bonds. The quantitative estimate of drug-likeness (QED) is 0.277. The highest BCUT2D eigenvalue weighted by atomic mass is 19.1. The van der Waals surface area contributed by atoms with Crippen LogP contribution in [0.3, 0.4) is 0 Å². The standard InChI is InChI=1S/C32H29FN2O2/c33-29-17-14-27(15-18-29)24-35(32(37)19-16-25-8-3-1-4-9-25)30-13-7-12-28(22-30)23-31(36)34-21-20-26-10-5-2-6-11-26/h1-19,22H,20-21,23-24H2,(H,34,36)/b19-16+. The fraction of sp³-hybridized carbons (Fsp3) is 0.125. The van der Waals surface area contributed by atoms with Crippen molar-refractivity contribution in [3.8, 4) is 0 Å². The molecule has 0 fully saturated rings. The Morgan fingerprint density at radius 3 is 2.16 bits per heavy atom. The Morgan fingerprint density at radius 1 is 0.757 bits per heavy atom. The van der Waals surface area contributed by atoms with Crippen LogP contribution in [0.25, 0.3) is 6.08 Å². The molecule has 0 aliphatic heterocycles. The van der Waals surface area contributed by atoms with Gasteiger partial charge in [0.05, 0.1) is 13.0 Å². The number of benzene rings is 4. The van der Waals surface area contributed by atoms with Crippen molar-refractivity contribution < 1.29 is 14.0 Å². The van der Waals surface area contributed by atoms with E-state index in [4.69, 9.17) is 0 Å². The lowest BCUT2D eigenvalue weighted by molar-refractivity contribution is -0.120. The molecule has 0 atom stereocenters. The van der Waals surface area contributed by atoms with E-state index in [0.717, 1.165) is 23.1 Å². The fourth-order valence-electron chi connectivity index (χ4n) is 3.96. The normalized spacial score (nSPS) is 10.8. The second kappa shape index (κ2) is 13.0.